The fourth-order valence-corrected chi connectivity index (χ4v) is 1.56. The van der Waals surface area contributed by atoms with Crippen LogP contribution in [-0.4, -0.2) is 24.8 Å². The van der Waals surface area contributed by atoms with Crippen LogP contribution in [0.5, 0.6) is 0 Å². The van der Waals surface area contributed by atoms with Gasteiger partial charge in [0.1, 0.15) is 0 Å². The second-order valence-electron chi connectivity index (χ2n) is 4.05. The topological polar surface area (TPSA) is 12.5 Å². The second kappa shape index (κ2) is 2.51. The normalized spacial score (nSPS) is 29.4. The molecule has 0 aromatic rings. The monoisotopic (exact) mass is 143 g/mol. The van der Waals surface area contributed by atoms with Gasteiger partial charge in [0.25, 0.3) is 0 Å². The van der Waals surface area contributed by atoms with Gasteiger partial charge < -0.3 is 0 Å². The van der Waals surface area contributed by atoms with Crippen molar-refractivity contribution in [3.8, 4) is 0 Å². The number of rotatable bonds is 0. The standard InChI is InChI=1S/C8H17NO/c1-8(2,3)7-5-6-10-9(7)4/h7H,5-6H2,1-4H3. The van der Waals surface area contributed by atoms with Crippen molar-refractivity contribution in [2.24, 2.45) is 5.41 Å². The second-order valence-corrected chi connectivity index (χ2v) is 4.05. The summed E-state index contributed by atoms with van der Waals surface area (Å²) in [6.45, 7) is 7.65. The van der Waals surface area contributed by atoms with Crippen LogP contribution < -0.4 is 0 Å². The summed E-state index contributed by atoms with van der Waals surface area (Å²) in [4.78, 5) is 5.33. The quantitative estimate of drug-likeness (QED) is 0.511. The van der Waals surface area contributed by atoms with Crippen LogP contribution in [-0.2, 0) is 4.84 Å². The molecule has 1 heterocycles. The van der Waals surface area contributed by atoms with Gasteiger partial charge in [-0.1, -0.05) is 20.8 Å². The van der Waals surface area contributed by atoms with Crippen molar-refractivity contribution < 1.29 is 4.84 Å². The van der Waals surface area contributed by atoms with Crippen molar-refractivity contribution in [1.29, 1.82) is 0 Å². The predicted octanol–water partition coefficient (Wildman–Crippen LogP) is 1.67. The van der Waals surface area contributed by atoms with Crippen molar-refractivity contribution >= 4 is 0 Å². The van der Waals surface area contributed by atoms with E-state index < -0.39 is 0 Å². The Labute approximate surface area is 63.1 Å². The van der Waals surface area contributed by atoms with Gasteiger partial charge in [0.2, 0.25) is 0 Å². The minimum absolute atomic E-state index is 0.352. The van der Waals surface area contributed by atoms with Crippen LogP contribution in [0.3, 0.4) is 0 Å². The van der Waals surface area contributed by atoms with E-state index in [1.54, 1.807) is 0 Å². The Kier molecular flexibility index (Phi) is 2.02. The lowest BCUT2D eigenvalue weighted by Crippen LogP contribution is -2.35. The van der Waals surface area contributed by atoms with E-state index in [1.165, 1.54) is 6.42 Å². The van der Waals surface area contributed by atoms with Gasteiger partial charge in [0.15, 0.2) is 0 Å². The summed E-state index contributed by atoms with van der Waals surface area (Å²) in [6.07, 6.45) is 1.17. The molecule has 0 saturated carbocycles. The van der Waals surface area contributed by atoms with E-state index in [2.05, 4.69) is 20.8 Å². The summed E-state index contributed by atoms with van der Waals surface area (Å²) in [5, 5.41) is 1.99. The average Bonchev–Trinajstić information content (AvgIpc) is 2.11. The molecule has 1 aliphatic heterocycles. The summed E-state index contributed by atoms with van der Waals surface area (Å²) in [5.74, 6) is 0. The maximum Gasteiger partial charge on any atom is 0.0701 e. The molecule has 0 N–H and O–H groups in total. The van der Waals surface area contributed by atoms with Gasteiger partial charge in [-0.3, -0.25) is 4.84 Å². The summed E-state index contributed by atoms with van der Waals surface area (Å²) in [5.41, 5.74) is 0.352. The van der Waals surface area contributed by atoms with Gasteiger partial charge >= 0.3 is 0 Å². The molecule has 10 heavy (non-hydrogen) atoms. The summed E-state index contributed by atoms with van der Waals surface area (Å²) in [6, 6.07) is 0.590. The third-order valence-corrected chi connectivity index (χ3v) is 2.12. The number of hydrogen-bond donors (Lipinski definition) is 0. The number of hydrogen-bond acceptors (Lipinski definition) is 2. The van der Waals surface area contributed by atoms with E-state index in [1.807, 2.05) is 12.1 Å². The summed E-state index contributed by atoms with van der Waals surface area (Å²) in [7, 11) is 2.02. The van der Waals surface area contributed by atoms with Crippen LogP contribution in [0.15, 0.2) is 0 Å². The van der Waals surface area contributed by atoms with Crippen LogP contribution in [0.4, 0.5) is 0 Å². The molecule has 2 nitrogen and oxygen atoms in total. The molecule has 0 aromatic heterocycles. The molecule has 2 heteroatoms. The van der Waals surface area contributed by atoms with Crippen LogP contribution in [0.1, 0.15) is 27.2 Å². The van der Waals surface area contributed by atoms with Crippen LogP contribution in [0.25, 0.3) is 0 Å². The molecule has 1 fully saturated rings. The zero-order valence-corrected chi connectivity index (χ0v) is 7.35. The molecule has 1 atom stereocenters. The fraction of sp³-hybridized carbons (Fsp3) is 1.00. The molecule has 1 saturated heterocycles. The third kappa shape index (κ3) is 1.50. The minimum atomic E-state index is 0.352. The third-order valence-electron chi connectivity index (χ3n) is 2.12. The van der Waals surface area contributed by atoms with Gasteiger partial charge in [0, 0.05) is 13.1 Å². The van der Waals surface area contributed by atoms with E-state index in [0.717, 1.165) is 6.61 Å². The fourth-order valence-electron chi connectivity index (χ4n) is 1.56. The Balaban J connectivity index is 2.55. The maximum atomic E-state index is 5.33. The Morgan fingerprint density at radius 1 is 1.40 bits per heavy atom. The smallest absolute Gasteiger partial charge is 0.0701 e. The van der Waals surface area contributed by atoms with E-state index in [0.29, 0.717) is 11.5 Å². The molecule has 60 valence electrons. The van der Waals surface area contributed by atoms with Gasteiger partial charge in [0.05, 0.1) is 6.61 Å². The molecule has 1 aliphatic rings. The summed E-state index contributed by atoms with van der Waals surface area (Å²) >= 11 is 0. The Morgan fingerprint density at radius 2 is 2.00 bits per heavy atom. The average molecular weight is 143 g/mol. The predicted molar refractivity (Wildman–Crippen MR) is 41.6 cm³/mol. The molecule has 0 amide bonds. The highest BCUT2D eigenvalue weighted by Crippen LogP contribution is 2.29. The first-order valence-corrected chi connectivity index (χ1v) is 3.87. The van der Waals surface area contributed by atoms with Crippen LogP contribution in [0.2, 0.25) is 0 Å². The first-order valence-electron chi connectivity index (χ1n) is 3.87. The highest BCUT2D eigenvalue weighted by Gasteiger charge is 2.32. The zero-order valence-electron chi connectivity index (χ0n) is 7.35. The summed E-state index contributed by atoms with van der Waals surface area (Å²) < 4.78 is 0. The van der Waals surface area contributed by atoms with Gasteiger partial charge in [-0.15, -0.1) is 0 Å². The Bertz CT molecular complexity index is 117. The minimum Gasteiger partial charge on any atom is -0.299 e. The molecule has 0 spiro atoms. The SMILES string of the molecule is CN1OCCC1C(C)(C)C. The van der Waals surface area contributed by atoms with Gasteiger partial charge in [-0.2, -0.15) is 5.06 Å². The van der Waals surface area contributed by atoms with Crippen molar-refractivity contribution in [2.75, 3.05) is 13.7 Å². The van der Waals surface area contributed by atoms with Crippen molar-refractivity contribution in [1.82, 2.24) is 5.06 Å². The molecule has 0 aromatic carbocycles. The Morgan fingerprint density at radius 3 is 2.20 bits per heavy atom. The molecular weight excluding hydrogens is 126 g/mol. The van der Waals surface area contributed by atoms with Crippen molar-refractivity contribution in [3.63, 3.8) is 0 Å². The molecule has 0 bridgehead atoms. The molecule has 1 rings (SSSR count). The van der Waals surface area contributed by atoms with Gasteiger partial charge in [-0.25, -0.2) is 0 Å². The lowest BCUT2D eigenvalue weighted by Gasteiger charge is -2.30. The zero-order chi connectivity index (χ0) is 7.78. The van der Waals surface area contributed by atoms with Gasteiger partial charge in [-0.05, 0) is 11.8 Å². The first-order chi connectivity index (χ1) is 4.52. The van der Waals surface area contributed by atoms with E-state index in [-0.39, 0.29) is 0 Å². The molecular formula is C8H17NO. The Hall–Kier alpha value is -0.0800. The molecule has 1 unspecified atom stereocenters. The van der Waals surface area contributed by atoms with Crippen molar-refractivity contribution in [2.45, 2.75) is 33.2 Å². The molecule has 0 radical (unpaired) electrons. The molecule has 0 aliphatic carbocycles. The lowest BCUT2D eigenvalue weighted by atomic mass is 9.85. The van der Waals surface area contributed by atoms with E-state index in [4.69, 9.17) is 4.84 Å². The lowest BCUT2D eigenvalue weighted by molar-refractivity contribution is -0.128. The maximum absolute atomic E-state index is 5.33. The highest BCUT2D eigenvalue weighted by molar-refractivity contribution is 4.80. The van der Waals surface area contributed by atoms with E-state index >= 15 is 0 Å². The van der Waals surface area contributed by atoms with Crippen LogP contribution in [0, 0.1) is 5.41 Å². The number of nitrogens with zero attached hydrogens (tertiary/aromatic N) is 1. The first kappa shape index (κ1) is 8.02. The van der Waals surface area contributed by atoms with Crippen LogP contribution >= 0.6 is 0 Å². The van der Waals surface area contributed by atoms with Crippen molar-refractivity contribution in [3.05, 3.63) is 0 Å². The highest BCUT2D eigenvalue weighted by atomic mass is 16.7. The largest absolute Gasteiger partial charge is 0.299 e. The van der Waals surface area contributed by atoms with E-state index in [9.17, 15) is 0 Å². The number of hydroxylamine groups is 2.